The van der Waals surface area contributed by atoms with Gasteiger partial charge in [-0.05, 0) is 51.6 Å². The number of hydrogen-bond acceptors (Lipinski definition) is 5. The molecule has 0 aliphatic carbocycles. The lowest BCUT2D eigenvalue weighted by molar-refractivity contribution is 0.141. The van der Waals surface area contributed by atoms with Crippen molar-refractivity contribution in [2.45, 2.75) is 70.4 Å². The number of nitrogens with zero attached hydrogens (tertiary/aromatic N) is 6. The molecule has 3 aliphatic rings. The van der Waals surface area contributed by atoms with Crippen LogP contribution in [-0.4, -0.2) is 56.6 Å². The highest BCUT2D eigenvalue weighted by molar-refractivity contribution is 5.84. The number of aryl methyl sites for hydroxylation is 2. The monoisotopic (exact) mass is 354 g/mol. The molecular formula is C20H30N6. The Balaban J connectivity index is 1.36. The maximum absolute atomic E-state index is 4.98. The molecule has 0 atom stereocenters. The molecule has 6 nitrogen and oxygen atoms in total. The van der Waals surface area contributed by atoms with Crippen LogP contribution >= 0.6 is 0 Å². The van der Waals surface area contributed by atoms with Crippen molar-refractivity contribution in [1.29, 1.82) is 0 Å². The van der Waals surface area contributed by atoms with Crippen molar-refractivity contribution >= 4 is 17.0 Å². The van der Waals surface area contributed by atoms with Crippen LogP contribution < -0.4 is 4.90 Å². The van der Waals surface area contributed by atoms with Gasteiger partial charge < -0.3 is 14.4 Å². The van der Waals surface area contributed by atoms with Crippen molar-refractivity contribution < 1.29 is 0 Å². The molecule has 2 aromatic rings. The van der Waals surface area contributed by atoms with Crippen LogP contribution in [0.15, 0.2) is 6.33 Å². The Morgan fingerprint density at radius 3 is 2.42 bits per heavy atom. The second-order valence-electron chi connectivity index (χ2n) is 8.17. The summed E-state index contributed by atoms with van der Waals surface area (Å²) in [6.07, 6.45) is 13.3. The third-order valence-electron chi connectivity index (χ3n) is 6.54. The van der Waals surface area contributed by atoms with E-state index in [1.165, 1.54) is 70.3 Å². The Morgan fingerprint density at radius 1 is 0.808 bits per heavy atom. The SMILES string of the molecule is c1nc(N2CCC(N3CCCCC3)CC2)c2nc3n(c2n1)CCCCC3. The number of anilines is 1. The first-order valence-electron chi connectivity index (χ1n) is 10.6. The molecule has 3 aliphatic heterocycles. The minimum Gasteiger partial charge on any atom is -0.355 e. The van der Waals surface area contributed by atoms with Crippen molar-refractivity contribution in [1.82, 2.24) is 24.4 Å². The molecule has 0 N–H and O–H groups in total. The molecule has 0 spiro atoms. The number of likely N-dealkylation sites (tertiary alicyclic amines) is 1. The van der Waals surface area contributed by atoms with Gasteiger partial charge in [-0.1, -0.05) is 12.8 Å². The predicted octanol–water partition coefficient (Wildman–Crippen LogP) is 3.01. The van der Waals surface area contributed by atoms with Gasteiger partial charge in [-0.15, -0.1) is 0 Å². The zero-order chi connectivity index (χ0) is 17.3. The third kappa shape index (κ3) is 2.98. The lowest BCUT2D eigenvalue weighted by Crippen LogP contribution is -2.47. The number of aromatic nitrogens is 4. The van der Waals surface area contributed by atoms with E-state index in [9.17, 15) is 0 Å². The van der Waals surface area contributed by atoms with Crippen LogP contribution in [0.5, 0.6) is 0 Å². The van der Waals surface area contributed by atoms with Gasteiger partial charge >= 0.3 is 0 Å². The number of piperidine rings is 2. The van der Waals surface area contributed by atoms with E-state index < -0.39 is 0 Å². The minimum atomic E-state index is 0.766. The van der Waals surface area contributed by atoms with E-state index >= 15 is 0 Å². The molecule has 0 aromatic carbocycles. The summed E-state index contributed by atoms with van der Waals surface area (Å²) < 4.78 is 2.34. The summed E-state index contributed by atoms with van der Waals surface area (Å²) in [5.41, 5.74) is 2.07. The van der Waals surface area contributed by atoms with Crippen LogP contribution in [0.2, 0.25) is 0 Å². The molecule has 140 valence electrons. The molecule has 2 aromatic heterocycles. The molecule has 0 bridgehead atoms. The second kappa shape index (κ2) is 7.14. The second-order valence-corrected chi connectivity index (χ2v) is 8.17. The molecule has 2 saturated heterocycles. The smallest absolute Gasteiger partial charge is 0.165 e. The van der Waals surface area contributed by atoms with Crippen molar-refractivity contribution in [3.05, 3.63) is 12.2 Å². The third-order valence-corrected chi connectivity index (χ3v) is 6.54. The molecule has 0 radical (unpaired) electrons. The first kappa shape index (κ1) is 16.5. The fourth-order valence-electron chi connectivity index (χ4n) is 5.08. The lowest BCUT2D eigenvalue weighted by atomic mass is 10.00. The summed E-state index contributed by atoms with van der Waals surface area (Å²) in [6, 6.07) is 0.766. The Bertz CT molecular complexity index is 755. The molecule has 26 heavy (non-hydrogen) atoms. The Hall–Kier alpha value is -1.69. The normalized spacial score (nSPS) is 23.2. The van der Waals surface area contributed by atoms with E-state index in [0.29, 0.717) is 0 Å². The Labute approximate surface area is 155 Å². The summed E-state index contributed by atoms with van der Waals surface area (Å²) in [5, 5.41) is 0. The van der Waals surface area contributed by atoms with E-state index in [0.717, 1.165) is 49.1 Å². The summed E-state index contributed by atoms with van der Waals surface area (Å²) in [4.78, 5) is 19.4. The number of fused-ring (bicyclic) bond motifs is 3. The highest BCUT2D eigenvalue weighted by Crippen LogP contribution is 2.29. The van der Waals surface area contributed by atoms with Crippen molar-refractivity contribution in [2.24, 2.45) is 0 Å². The van der Waals surface area contributed by atoms with E-state index in [-0.39, 0.29) is 0 Å². The van der Waals surface area contributed by atoms with Gasteiger partial charge in [-0.2, -0.15) is 0 Å². The Kier molecular flexibility index (Phi) is 4.53. The van der Waals surface area contributed by atoms with Crippen LogP contribution in [0.4, 0.5) is 5.82 Å². The fourth-order valence-corrected chi connectivity index (χ4v) is 5.08. The number of imidazole rings is 1. The number of rotatable bonds is 2. The fraction of sp³-hybridized carbons (Fsp3) is 0.750. The maximum Gasteiger partial charge on any atom is 0.165 e. The quantitative estimate of drug-likeness (QED) is 0.830. The van der Waals surface area contributed by atoms with Gasteiger partial charge in [0.1, 0.15) is 12.2 Å². The molecule has 2 fully saturated rings. The lowest BCUT2D eigenvalue weighted by Gasteiger charge is -2.40. The minimum absolute atomic E-state index is 0.766. The highest BCUT2D eigenvalue weighted by atomic mass is 15.3. The van der Waals surface area contributed by atoms with Crippen molar-refractivity contribution in [2.75, 3.05) is 31.1 Å². The summed E-state index contributed by atoms with van der Waals surface area (Å²) in [6.45, 7) is 5.84. The summed E-state index contributed by atoms with van der Waals surface area (Å²) >= 11 is 0. The zero-order valence-electron chi connectivity index (χ0n) is 15.7. The van der Waals surface area contributed by atoms with E-state index in [1.54, 1.807) is 6.33 Å². The van der Waals surface area contributed by atoms with Crippen LogP contribution in [0.3, 0.4) is 0 Å². The van der Waals surface area contributed by atoms with Crippen LogP contribution in [-0.2, 0) is 13.0 Å². The number of hydrogen-bond donors (Lipinski definition) is 0. The average molecular weight is 355 g/mol. The molecule has 5 rings (SSSR count). The van der Waals surface area contributed by atoms with Crippen molar-refractivity contribution in [3.63, 3.8) is 0 Å². The van der Waals surface area contributed by atoms with Gasteiger partial charge in [-0.25, -0.2) is 15.0 Å². The molecule has 6 heteroatoms. The predicted molar refractivity (Wildman–Crippen MR) is 104 cm³/mol. The van der Waals surface area contributed by atoms with Gasteiger partial charge in [0.2, 0.25) is 0 Å². The standard InChI is InChI=1S/C20H30N6/c1-3-7-17-23-18-19(21-15-22-20(18)26(17)12-6-1)25-13-8-16(9-14-25)24-10-4-2-5-11-24/h15-16H,1-14H2. The molecule has 0 amide bonds. The maximum atomic E-state index is 4.98. The average Bonchev–Trinajstić information content (AvgIpc) is 2.90. The van der Waals surface area contributed by atoms with Crippen LogP contribution in [0.1, 0.15) is 57.2 Å². The highest BCUT2D eigenvalue weighted by Gasteiger charge is 2.28. The van der Waals surface area contributed by atoms with Crippen molar-refractivity contribution in [3.8, 4) is 0 Å². The molecular weight excluding hydrogens is 324 g/mol. The Morgan fingerprint density at radius 2 is 1.58 bits per heavy atom. The van der Waals surface area contributed by atoms with Gasteiger partial charge in [0, 0.05) is 32.1 Å². The van der Waals surface area contributed by atoms with Crippen LogP contribution in [0.25, 0.3) is 11.2 Å². The zero-order valence-corrected chi connectivity index (χ0v) is 15.7. The molecule has 0 saturated carbocycles. The molecule has 0 unspecified atom stereocenters. The van der Waals surface area contributed by atoms with Gasteiger partial charge in [-0.3, -0.25) is 0 Å². The van der Waals surface area contributed by atoms with Crippen LogP contribution in [0, 0.1) is 0 Å². The van der Waals surface area contributed by atoms with E-state index in [4.69, 9.17) is 4.98 Å². The largest absolute Gasteiger partial charge is 0.355 e. The molecule has 5 heterocycles. The topological polar surface area (TPSA) is 50.1 Å². The van der Waals surface area contributed by atoms with Gasteiger partial charge in [0.05, 0.1) is 0 Å². The first-order chi connectivity index (χ1) is 12.9. The van der Waals surface area contributed by atoms with Gasteiger partial charge in [0.15, 0.2) is 17.0 Å². The summed E-state index contributed by atoms with van der Waals surface area (Å²) in [7, 11) is 0. The first-order valence-corrected chi connectivity index (χ1v) is 10.6. The van der Waals surface area contributed by atoms with E-state index in [1.807, 2.05) is 0 Å². The van der Waals surface area contributed by atoms with Gasteiger partial charge in [0.25, 0.3) is 0 Å². The van der Waals surface area contributed by atoms with E-state index in [2.05, 4.69) is 24.3 Å². The summed E-state index contributed by atoms with van der Waals surface area (Å²) in [5.74, 6) is 2.27.